The van der Waals surface area contributed by atoms with E-state index in [9.17, 15) is 5.11 Å². The number of fused-ring (bicyclic) bond motifs is 2. The highest BCUT2D eigenvalue weighted by Crippen LogP contribution is 2.38. The van der Waals surface area contributed by atoms with Crippen LogP contribution in [0.2, 0.25) is 5.02 Å². The maximum atomic E-state index is 10.8. The highest BCUT2D eigenvalue weighted by molar-refractivity contribution is 6.37. The monoisotopic (exact) mass is 436 g/mol. The average Bonchev–Trinajstić information content (AvgIpc) is 3.10. The molecule has 2 atom stereocenters. The van der Waals surface area contributed by atoms with Crippen LogP contribution in [0.1, 0.15) is 19.4 Å². The predicted molar refractivity (Wildman–Crippen MR) is 125 cm³/mol. The molecule has 1 aliphatic heterocycles. The number of aromatic nitrogens is 4. The van der Waals surface area contributed by atoms with Crippen molar-refractivity contribution in [3.05, 3.63) is 41.2 Å². The summed E-state index contributed by atoms with van der Waals surface area (Å²) in [5.41, 5.74) is 4.32. The first kappa shape index (κ1) is 20.0. The number of nitrogens with one attached hydrogen (secondary N) is 1. The van der Waals surface area contributed by atoms with Gasteiger partial charge in [-0.25, -0.2) is 9.97 Å². The Morgan fingerprint density at radius 1 is 1.19 bits per heavy atom. The Morgan fingerprint density at radius 3 is 2.68 bits per heavy atom. The number of hydrogen-bond acceptors (Lipinski definition) is 6. The molecule has 4 heterocycles. The van der Waals surface area contributed by atoms with Gasteiger partial charge in [0.15, 0.2) is 5.65 Å². The minimum atomic E-state index is 0.185. The summed E-state index contributed by atoms with van der Waals surface area (Å²) < 4.78 is 1.75. The zero-order chi connectivity index (χ0) is 21.9. The zero-order valence-corrected chi connectivity index (χ0v) is 18.8. The second-order valence-electron chi connectivity index (χ2n) is 8.54. The minimum Gasteiger partial charge on any atom is -0.507 e. The fraction of sp³-hybridized carbons (Fsp3) is 0.348. The number of aromatic hydroxyl groups is 1. The number of aryl methyl sites for hydroxylation is 2. The fourth-order valence-corrected chi connectivity index (χ4v) is 4.88. The van der Waals surface area contributed by atoms with Gasteiger partial charge in [0.1, 0.15) is 5.75 Å². The number of phenols is 1. The Hall–Kier alpha value is -2.90. The van der Waals surface area contributed by atoms with Gasteiger partial charge in [-0.1, -0.05) is 11.6 Å². The smallest absolute Gasteiger partial charge is 0.161 e. The number of halogens is 1. The second-order valence-corrected chi connectivity index (χ2v) is 8.92. The molecule has 0 aliphatic carbocycles. The average molecular weight is 437 g/mol. The molecular weight excluding hydrogens is 412 g/mol. The van der Waals surface area contributed by atoms with Gasteiger partial charge in [-0.15, -0.1) is 0 Å². The number of nitrogens with zero attached hydrogens (tertiary/aromatic N) is 5. The van der Waals surface area contributed by atoms with Crippen molar-refractivity contribution >= 4 is 39.2 Å². The molecule has 8 heteroatoms. The summed E-state index contributed by atoms with van der Waals surface area (Å²) >= 11 is 6.80. The molecule has 1 fully saturated rings. The summed E-state index contributed by atoms with van der Waals surface area (Å²) in [4.78, 5) is 11.6. The number of anilines is 1. The molecule has 0 saturated carbocycles. The molecule has 160 valence electrons. The van der Waals surface area contributed by atoms with Crippen molar-refractivity contribution in [3.63, 3.8) is 0 Å². The largest absolute Gasteiger partial charge is 0.507 e. The number of piperazine rings is 1. The molecule has 7 nitrogen and oxygen atoms in total. The predicted octanol–water partition coefficient (Wildman–Crippen LogP) is 4.04. The summed E-state index contributed by atoms with van der Waals surface area (Å²) in [6, 6.07) is 6.50. The molecule has 0 radical (unpaired) electrons. The van der Waals surface area contributed by atoms with Gasteiger partial charge < -0.3 is 15.3 Å². The lowest BCUT2D eigenvalue weighted by Crippen LogP contribution is -2.54. The molecule has 1 saturated heterocycles. The van der Waals surface area contributed by atoms with Gasteiger partial charge in [0.25, 0.3) is 0 Å². The molecule has 1 aromatic carbocycles. The quantitative estimate of drug-likeness (QED) is 0.493. The van der Waals surface area contributed by atoms with Crippen molar-refractivity contribution in [1.82, 2.24) is 25.1 Å². The van der Waals surface area contributed by atoms with Crippen molar-refractivity contribution in [3.8, 4) is 17.0 Å². The summed E-state index contributed by atoms with van der Waals surface area (Å²) in [6.45, 7) is 7.97. The Labute approximate surface area is 185 Å². The van der Waals surface area contributed by atoms with E-state index < -0.39 is 0 Å². The number of phenolic OH excluding ortho intramolecular Hbond substituents is 1. The third-order valence-corrected chi connectivity index (χ3v) is 6.34. The SMILES string of the molecule is Cc1c(O)c(-c2ccc3c(Cl)c(N4C[C@H](C)N[C@@H](C)C4)cnc3n2)cc2cn(C)nc12. The Balaban J connectivity index is 1.59. The van der Waals surface area contributed by atoms with Crippen molar-refractivity contribution in [2.75, 3.05) is 18.0 Å². The van der Waals surface area contributed by atoms with Crippen LogP contribution in [-0.2, 0) is 7.05 Å². The van der Waals surface area contributed by atoms with Gasteiger partial charge in [-0.05, 0) is 39.0 Å². The first-order valence-corrected chi connectivity index (χ1v) is 10.8. The van der Waals surface area contributed by atoms with E-state index in [1.165, 1.54) is 0 Å². The topological polar surface area (TPSA) is 79.1 Å². The van der Waals surface area contributed by atoms with Crippen LogP contribution < -0.4 is 10.2 Å². The van der Waals surface area contributed by atoms with E-state index in [2.05, 4.69) is 34.1 Å². The van der Waals surface area contributed by atoms with E-state index >= 15 is 0 Å². The molecule has 0 spiro atoms. The van der Waals surface area contributed by atoms with Gasteiger partial charge in [-0.3, -0.25) is 4.68 Å². The molecule has 0 amide bonds. The van der Waals surface area contributed by atoms with Crippen molar-refractivity contribution in [2.24, 2.45) is 7.05 Å². The fourth-order valence-electron chi connectivity index (χ4n) is 4.57. The van der Waals surface area contributed by atoms with Crippen LogP contribution in [0.4, 0.5) is 5.69 Å². The minimum absolute atomic E-state index is 0.185. The lowest BCUT2D eigenvalue weighted by Gasteiger charge is -2.37. The molecule has 1 aliphatic rings. The van der Waals surface area contributed by atoms with E-state index in [1.54, 1.807) is 4.68 Å². The van der Waals surface area contributed by atoms with Crippen LogP contribution in [-0.4, -0.2) is 50.0 Å². The maximum absolute atomic E-state index is 10.8. The van der Waals surface area contributed by atoms with Gasteiger partial charge in [-0.2, -0.15) is 5.10 Å². The van der Waals surface area contributed by atoms with Gasteiger partial charge in [0.2, 0.25) is 0 Å². The first-order valence-electron chi connectivity index (χ1n) is 10.4. The molecule has 4 aromatic rings. The Bertz CT molecular complexity index is 1310. The van der Waals surface area contributed by atoms with Crippen molar-refractivity contribution in [1.29, 1.82) is 0 Å². The normalized spacial score (nSPS) is 19.5. The lowest BCUT2D eigenvalue weighted by atomic mass is 10.0. The highest BCUT2D eigenvalue weighted by atomic mass is 35.5. The molecule has 0 bridgehead atoms. The molecule has 3 aromatic heterocycles. The molecule has 0 unspecified atom stereocenters. The van der Waals surface area contributed by atoms with E-state index in [4.69, 9.17) is 16.6 Å². The number of hydrogen-bond donors (Lipinski definition) is 2. The molecule has 5 rings (SSSR count). The van der Waals surface area contributed by atoms with Crippen LogP contribution in [0, 0.1) is 6.92 Å². The van der Waals surface area contributed by atoms with E-state index in [-0.39, 0.29) is 5.75 Å². The second kappa shape index (κ2) is 7.35. The zero-order valence-electron chi connectivity index (χ0n) is 18.0. The van der Waals surface area contributed by atoms with Crippen LogP contribution in [0.15, 0.2) is 30.6 Å². The highest BCUT2D eigenvalue weighted by Gasteiger charge is 2.24. The summed E-state index contributed by atoms with van der Waals surface area (Å²) in [7, 11) is 1.87. The third kappa shape index (κ3) is 3.38. The van der Waals surface area contributed by atoms with Crippen LogP contribution >= 0.6 is 11.6 Å². The van der Waals surface area contributed by atoms with Gasteiger partial charge in [0, 0.05) is 60.3 Å². The number of rotatable bonds is 2. The summed E-state index contributed by atoms with van der Waals surface area (Å²) in [5.74, 6) is 0.185. The summed E-state index contributed by atoms with van der Waals surface area (Å²) in [6.07, 6.45) is 3.74. The van der Waals surface area contributed by atoms with Crippen LogP contribution in [0.3, 0.4) is 0 Å². The van der Waals surface area contributed by atoms with E-state index in [0.29, 0.717) is 34.0 Å². The summed E-state index contributed by atoms with van der Waals surface area (Å²) in [5, 5.41) is 21.2. The van der Waals surface area contributed by atoms with Crippen molar-refractivity contribution in [2.45, 2.75) is 32.9 Å². The lowest BCUT2D eigenvalue weighted by molar-refractivity contribution is 0.407. The van der Waals surface area contributed by atoms with Crippen LogP contribution in [0.5, 0.6) is 5.75 Å². The Morgan fingerprint density at radius 2 is 1.94 bits per heavy atom. The maximum Gasteiger partial charge on any atom is 0.161 e. The van der Waals surface area contributed by atoms with Crippen LogP contribution in [0.25, 0.3) is 33.2 Å². The van der Waals surface area contributed by atoms with E-state index in [0.717, 1.165) is 40.6 Å². The molecule has 31 heavy (non-hydrogen) atoms. The number of pyridine rings is 2. The molecular formula is C23H25ClN6O. The van der Waals surface area contributed by atoms with Gasteiger partial charge in [0.05, 0.1) is 28.1 Å². The van der Waals surface area contributed by atoms with Crippen molar-refractivity contribution < 1.29 is 5.11 Å². The van der Waals surface area contributed by atoms with E-state index in [1.807, 2.05) is 44.6 Å². The standard InChI is InChI=1S/C23H25ClN6O/c1-12-9-30(10-13(2)26-12)19-8-25-23-16(20(19)24)5-6-18(27-23)17-7-15-11-29(4)28-21(15)14(3)22(17)31/h5-8,11-13,26,31H,9-10H2,1-4H3/t12-,13-/m0/s1. The van der Waals surface area contributed by atoms with Gasteiger partial charge >= 0.3 is 0 Å². The third-order valence-electron chi connectivity index (χ3n) is 5.94. The molecule has 2 N–H and O–H groups in total. The first-order chi connectivity index (χ1) is 14.8. The Kier molecular flexibility index (Phi) is 4.75. The number of benzene rings is 1.